The molecule has 0 bridgehead atoms. The first-order valence-electron chi connectivity index (χ1n) is 2.93. The van der Waals surface area contributed by atoms with E-state index in [2.05, 4.69) is 0 Å². The Hall–Kier alpha value is 0.107. The largest absolute Gasteiger partial charge is 0.399 e. The van der Waals surface area contributed by atoms with Gasteiger partial charge in [-0.05, 0) is 17.3 Å². The molecule has 0 saturated carbocycles. The summed E-state index contributed by atoms with van der Waals surface area (Å²) in [5.74, 6) is 0. The van der Waals surface area contributed by atoms with Gasteiger partial charge in [-0.25, -0.2) is 0 Å². The number of anilines is 1. The van der Waals surface area contributed by atoms with Crippen molar-refractivity contribution >= 4 is 50.1 Å². The average Bonchev–Trinajstić information content (AvgIpc) is 1.86. The van der Waals surface area contributed by atoms with Crippen LogP contribution in [-0.4, -0.2) is 6.00 Å². The molecule has 0 heterocycles. The van der Waals surface area contributed by atoms with E-state index < -0.39 is 6.00 Å². The van der Waals surface area contributed by atoms with Crippen molar-refractivity contribution in [3.63, 3.8) is 0 Å². The second-order valence-corrected chi connectivity index (χ2v) is 10.5. The summed E-state index contributed by atoms with van der Waals surface area (Å²) in [6.45, 7) is 0. The minimum atomic E-state index is -2.70. The maximum atomic E-state index is 5.74. The first-order valence-corrected chi connectivity index (χ1v) is 7.96. The predicted octanol–water partition coefficient (Wildman–Crippen LogP) is 2.13. The van der Waals surface area contributed by atoms with E-state index in [4.69, 9.17) is 39.0 Å². The molecule has 1 aromatic carbocycles. The third-order valence-electron chi connectivity index (χ3n) is 1.24. The van der Waals surface area contributed by atoms with Crippen molar-refractivity contribution in [1.82, 2.24) is 0 Å². The lowest BCUT2D eigenvalue weighted by Gasteiger charge is -2.07. The molecule has 0 unspecified atom stereocenters. The molecule has 0 amide bonds. The van der Waals surface area contributed by atoms with E-state index in [-0.39, 0.29) is 0 Å². The van der Waals surface area contributed by atoms with Gasteiger partial charge in [0.15, 0.2) is 0 Å². The van der Waals surface area contributed by atoms with Gasteiger partial charge in [0.05, 0.1) is 0 Å². The topological polar surface area (TPSA) is 26.0 Å². The zero-order valence-electron chi connectivity index (χ0n) is 5.52. The van der Waals surface area contributed by atoms with Crippen molar-refractivity contribution in [3.05, 3.63) is 24.3 Å². The number of nitrogens with two attached hydrogens (primary N) is 1. The van der Waals surface area contributed by atoms with E-state index in [1.165, 1.54) is 0 Å². The van der Waals surface area contributed by atoms with Crippen LogP contribution in [0, 0.1) is 0 Å². The van der Waals surface area contributed by atoms with Crippen LogP contribution in [0.15, 0.2) is 24.3 Å². The first kappa shape index (κ1) is 9.20. The molecule has 0 radical (unpaired) electrons. The van der Waals surface area contributed by atoms with E-state index in [1.54, 1.807) is 24.3 Å². The Labute approximate surface area is 80.2 Å². The van der Waals surface area contributed by atoms with E-state index in [0.717, 1.165) is 5.19 Å². The van der Waals surface area contributed by atoms with Crippen molar-refractivity contribution in [2.24, 2.45) is 0 Å². The standard InChI is InChI=1S/C6H6Cl3NSi/c7-11(8,9)6-3-1-5(10)2-4-6/h1-4H,10H2. The van der Waals surface area contributed by atoms with E-state index in [0.29, 0.717) is 5.69 Å². The van der Waals surface area contributed by atoms with Gasteiger partial charge in [-0.15, -0.1) is 33.2 Å². The summed E-state index contributed by atoms with van der Waals surface area (Å²) in [6, 6.07) is 4.25. The Morgan fingerprint density at radius 3 is 1.82 bits per heavy atom. The molecule has 1 rings (SSSR count). The molecule has 0 spiro atoms. The monoisotopic (exact) mass is 225 g/mol. The molecular weight excluding hydrogens is 221 g/mol. The van der Waals surface area contributed by atoms with Gasteiger partial charge >= 0.3 is 6.00 Å². The third-order valence-corrected chi connectivity index (χ3v) is 4.19. The molecule has 1 nitrogen and oxygen atoms in total. The molecule has 11 heavy (non-hydrogen) atoms. The summed E-state index contributed by atoms with van der Waals surface area (Å²) in [5.41, 5.74) is 6.13. The number of benzene rings is 1. The van der Waals surface area contributed by atoms with Crippen molar-refractivity contribution < 1.29 is 0 Å². The second kappa shape index (κ2) is 3.23. The lowest BCUT2D eigenvalue weighted by atomic mass is 10.3. The minimum absolute atomic E-state index is 0.678. The van der Waals surface area contributed by atoms with Crippen LogP contribution in [0.4, 0.5) is 5.69 Å². The average molecular weight is 227 g/mol. The normalized spacial score (nSPS) is 11.5. The van der Waals surface area contributed by atoms with Crippen molar-refractivity contribution in [2.75, 3.05) is 5.73 Å². The summed E-state index contributed by atoms with van der Waals surface area (Å²) < 4.78 is 0. The zero-order valence-corrected chi connectivity index (χ0v) is 8.79. The van der Waals surface area contributed by atoms with Gasteiger partial charge in [0.25, 0.3) is 0 Å². The number of hydrogen-bond donors (Lipinski definition) is 1. The van der Waals surface area contributed by atoms with Crippen LogP contribution in [0.2, 0.25) is 0 Å². The van der Waals surface area contributed by atoms with Crippen LogP contribution < -0.4 is 10.9 Å². The lowest BCUT2D eigenvalue weighted by molar-refractivity contribution is 1.73. The van der Waals surface area contributed by atoms with Crippen LogP contribution >= 0.6 is 33.2 Å². The van der Waals surface area contributed by atoms with Gasteiger partial charge in [-0.3, -0.25) is 0 Å². The Balaban J connectivity index is 2.99. The molecular formula is C6H6Cl3NSi. The molecule has 60 valence electrons. The number of nitrogen functional groups attached to an aromatic ring is 1. The van der Waals surface area contributed by atoms with Crippen LogP contribution in [-0.2, 0) is 0 Å². The van der Waals surface area contributed by atoms with Gasteiger partial charge in [-0.1, -0.05) is 12.1 Å². The third kappa shape index (κ3) is 2.56. The maximum Gasteiger partial charge on any atom is 0.372 e. The number of hydrogen-bond acceptors (Lipinski definition) is 1. The highest BCUT2D eigenvalue weighted by molar-refractivity contribution is 7.69. The second-order valence-electron chi connectivity index (χ2n) is 2.12. The molecule has 0 saturated heterocycles. The summed E-state index contributed by atoms with van der Waals surface area (Å²) >= 11 is 17.2. The van der Waals surface area contributed by atoms with Crippen molar-refractivity contribution in [2.45, 2.75) is 0 Å². The summed E-state index contributed by atoms with van der Waals surface area (Å²) in [6.07, 6.45) is 0. The fourth-order valence-corrected chi connectivity index (χ4v) is 2.35. The summed E-state index contributed by atoms with van der Waals surface area (Å²) in [4.78, 5) is 0. The van der Waals surface area contributed by atoms with Crippen molar-refractivity contribution in [3.8, 4) is 0 Å². The Morgan fingerprint density at radius 1 is 1.00 bits per heavy atom. The number of halogens is 3. The van der Waals surface area contributed by atoms with Gasteiger partial charge in [-0.2, -0.15) is 0 Å². The molecule has 2 N–H and O–H groups in total. The van der Waals surface area contributed by atoms with E-state index >= 15 is 0 Å². The highest BCUT2D eigenvalue weighted by Gasteiger charge is 2.27. The molecule has 0 aliphatic carbocycles. The zero-order chi connectivity index (χ0) is 8.48. The van der Waals surface area contributed by atoms with Crippen molar-refractivity contribution in [1.29, 1.82) is 0 Å². The van der Waals surface area contributed by atoms with Crippen LogP contribution in [0.3, 0.4) is 0 Å². The Morgan fingerprint density at radius 2 is 1.45 bits per heavy atom. The SMILES string of the molecule is Nc1ccc([Si](Cl)(Cl)Cl)cc1. The molecule has 0 aliphatic rings. The van der Waals surface area contributed by atoms with Crippen LogP contribution in [0.1, 0.15) is 0 Å². The molecule has 0 atom stereocenters. The quantitative estimate of drug-likeness (QED) is 0.443. The minimum Gasteiger partial charge on any atom is -0.399 e. The molecule has 1 aromatic rings. The maximum absolute atomic E-state index is 5.74. The fourth-order valence-electron chi connectivity index (χ4n) is 0.672. The molecule has 0 aromatic heterocycles. The number of rotatable bonds is 1. The van der Waals surface area contributed by atoms with Gasteiger partial charge in [0, 0.05) is 5.69 Å². The van der Waals surface area contributed by atoms with Crippen LogP contribution in [0.5, 0.6) is 0 Å². The summed E-state index contributed by atoms with van der Waals surface area (Å²) in [7, 11) is 0. The fraction of sp³-hybridized carbons (Fsp3) is 0. The smallest absolute Gasteiger partial charge is 0.372 e. The van der Waals surface area contributed by atoms with Gasteiger partial charge < -0.3 is 5.73 Å². The highest BCUT2D eigenvalue weighted by Crippen LogP contribution is 2.19. The molecule has 5 heteroatoms. The lowest BCUT2D eigenvalue weighted by Crippen LogP contribution is -2.29. The molecule has 0 aliphatic heterocycles. The highest BCUT2D eigenvalue weighted by atomic mass is 35.8. The van der Waals surface area contributed by atoms with E-state index in [1.807, 2.05) is 0 Å². The van der Waals surface area contributed by atoms with Gasteiger partial charge in [0.2, 0.25) is 0 Å². The Kier molecular flexibility index (Phi) is 2.70. The Bertz CT molecular complexity index is 241. The first-order chi connectivity index (χ1) is 5.00. The summed E-state index contributed by atoms with van der Waals surface area (Å²) in [5, 5.41) is 0.761. The van der Waals surface area contributed by atoms with Crippen LogP contribution in [0.25, 0.3) is 0 Å². The molecule has 0 fully saturated rings. The van der Waals surface area contributed by atoms with Gasteiger partial charge in [0.1, 0.15) is 0 Å². The van der Waals surface area contributed by atoms with E-state index in [9.17, 15) is 0 Å². The predicted molar refractivity (Wildman–Crippen MR) is 53.8 cm³/mol.